The molecule has 0 amide bonds. The summed E-state index contributed by atoms with van der Waals surface area (Å²) in [5, 5.41) is 0.957. The molecule has 2 aromatic carbocycles. The number of rotatable bonds is 9. The SMILES string of the molecule is CN(C)c1cccc(-n2cc(CCCN3CCS(=O)(=O)CC3)c3ccc(-c4ccc(OC(F)F)c(F)c4)nc32)c1. The second kappa shape index (κ2) is 11.5. The van der Waals surface area contributed by atoms with Gasteiger partial charge in [0, 0.05) is 55.7 Å². The molecule has 0 N–H and O–H groups in total. The monoisotopic (exact) mass is 572 g/mol. The van der Waals surface area contributed by atoms with Crippen LogP contribution in [0.1, 0.15) is 12.0 Å². The van der Waals surface area contributed by atoms with Crippen molar-refractivity contribution in [2.75, 3.05) is 50.1 Å². The van der Waals surface area contributed by atoms with Crippen LogP contribution in [-0.4, -0.2) is 74.7 Å². The molecular weight excluding hydrogens is 541 g/mol. The van der Waals surface area contributed by atoms with Gasteiger partial charge >= 0.3 is 6.61 Å². The minimum absolute atomic E-state index is 0.205. The Morgan fingerprint density at radius 3 is 2.52 bits per heavy atom. The van der Waals surface area contributed by atoms with Crippen LogP contribution < -0.4 is 9.64 Å². The van der Waals surface area contributed by atoms with Crippen LogP contribution in [0.25, 0.3) is 28.0 Å². The summed E-state index contributed by atoms with van der Waals surface area (Å²) in [6, 6.07) is 15.6. The Morgan fingerprint density at radius 1 is 1.05 bits per heavy atom. The minimum Gasteiger partial charge on any atom is -0.432 e. The maximum atomic E-state index is 14.5. The Labute approximate surface area is 231 Å². The maximum Gasteiger partial charge on any atom is 0.387 e. The van der Waals surface area contributed by atoms with Gasteiger partial charge in [0.2, 0.25) is 0 Å². The van der Waals surface area contributed by atoms with Crippen LogP contribution >= 0.6 is 0 Å². The van der Waals surface area contributed by atoms with Crippen molar-refractivity contribution in [3.63, 3.8) is 0 Å². The van der Waals surface area contributed by atoms with E-state index in [0.717, 1.165) is 47.8 Å². The predicted octanol–water partition coefficient (Wildman–Crippen LogP) is 5.16. The van der Waals surface area contributed by atoms with Crippen molar-refractivity contribution < 1.29 is 26.3 Å². The molecule has 11 heteroatoms. The number of ether oxygens (including phenoxy) is 1. The zero-order valence-corrected chi connectivity index (χ0v) is 23.2. The first-order chi connectivity index (χ1) is 19.1. The van der Waals surface area contributed by atoms with E-state index in [4.69, 9.17) is 4.98 Å². The summed E-state index contributed by atoms with van der Waals surface area (Å²) in [5.74, 6) is -0.994. The smallest absolute Gasteiger partial charge is 0.387 e. The van der Waals surface area contributed by atoms with Crippen LogP contribution in [0.15, 0.2) is 60.8 Å². The number of halogens is 3. The van der Waals surface area contributed by atoms with E-state index in [-0.39, 0.29) is 11.5 Å². The molecule has 212 valence electrons. The zero-order valence-electron chi connectivity index (χ0n) is 22.4. The Hall–Kier alpha value is -3.57. The number of pyridine rings is 1. The van der Waals surface area contributed by atoms with Crippen LogP contribution in [0.2, 0.25) is 0 Å². The summed E-state index contributed by atoms with van der Waals surface area (Å²) < 4.78 is 69.4. The van der Waals surface area contributed by atoms with Crippen LogP contribution in [0.3, 0.4) is 0 Å². The molecule has 1 fully saturated rings. The van der Waals surface area contributed by atoms with Gasteiger partial charge in [-0.1, -0.05) is 6.07 Å². The van der Waals surface area contributed by atoms with Crippen molar-refractivity contribution in [1.29, 1.82) is 0 Å². The van der Waals surface area contributed by atoms with Gasteiger partial charge in [0.05, 0.1) is 17.2 Å². The number of aryl methyl sites for hydroxylation is 1. The highest BCUT2D eigenvalue weighted by molar-refractivity contribution is 7.91. The Bertz CT molecular complexity index is 1610. The van der Waals surface area contributed by atoms with Gasteiger partial charge < -0.3 is 19.1 Å². The third-order valence-corrected chi connectivity index (χ3v) is 8.77. The molecule has 7 nitrogen and oxygen atoms in total. The van der Waals surface area contributed by atoms with Crippen molar-refractivity contribution in [2.45, 2.75) is 19.5 Å². The largest absolute Gasteiger partial charge is 0.432 e. The molecule has 0 spiro atoms. The molecule has 1 aliphatic rings. The molecule has 2 aromatic heterocycles. The number of anilines is 1. The minimum atomic E-state index is -3.11. The molecule has 5 rings (SSSR count). The lowest BCUT2D eigenvalue weighted by Crippen LogP contribution is -2.40. The first kappa shape index (κ1) is 28.0. The van der Waals surface area contributed by atoms with Gasteiger partial charge in [0.15, 0.2) is 21.4 Å². The molecular formula is C29H31F3N4O3S. The molecule has 0 saturated carbocycles. The molecule has 0 bridgehead atoms. The number of fused-ring (bicyclic) bond motifs is 1. The second-order valence-corrected chi connectivity index (χ2v) is 12.4. The molecule has 1 saturated heterocycles. The summed E-state index contributed by atoms with van der Waals surface area (Å²) in [4.78, 5) is 9.08. The Morgan fingerprint density at radius 2 is 1.82 bits per heavy atom. The van der Waals surface area contributed by atoms with Crippen LogP contribution in [0, 0.1) is 5.82 Å². The Balaban J connectivity index is 1.48. The summed E-state index contributed by atoms with van der Waals surface area (Å²) in [5.41, 5.74) is 4.67. The van der Waals surface area contributed by atoms with E-state index < -0.39 is 28.0 Å². The topological polar surface area (TPSA) is 67.7 Å². The molecule has 0 atom stereocenters. The molecule has 1 aliphatic heterocycles. The molecule has 4 aromatic rings. The van der Waals surface area contributed by atoms with Crippen molar-refractivity contribution >= 4 is 26.6 Å². The van der Waals surface area contributed by atoms with Gasteiger partial charge in [0.1, 0.15) is 5.65 Å². The lowest BCUT2D eigenvalue weighted by Gasteiger charge is -2.26. The highest BCUT2D eigenvalue weighted by Gasteiger charge is 2.21. The molecule has 40 heavy (non-hydrogen) atoms. The number of benzene rings is 2. The number of hydrogen-bond donors (Lipinski definition) is 0. The van der Waals surface area contributed by atoms with Crippen molar-refractivity contribution in [2.24, 2.45) is 0 Å². The second-order valence-electron chi connectivity index (χ2n) is 10.1. The fourth-order valence-electron chi connectivity index (χ4n) is 4.97. The molecule has 3 heterocycles. The summed E-state index contributed by atoms with van der Waals surface area (Å²) in [6.07, 6.45) is 3.70. The van der Waals surface area contributed by atoms with Gasteiger partial charge in [-0.3, -0.25) is 0 Å². The lowest BCUT2D eigenvalue weighted by atomic mass is 10.1. The van der Waals surface area contributed by atoms with Gasteiger partial charge in [-0.2, -0.15) is 8.78 Å². The molecule has 0 aliphatic carbocycles. The average Bonchev–Trinajstić information content (AvgIpc) is 3.28. The summed E-state index contributed by atoms with van der Waals surface area (Å²) >= 11 is 0. The number of aromatic nitrogens is 2. The van der Waals surface area contributed by atoms with Gasteiger partial charge in [0.25, 0.3) is 0 Å². The van der Waals surface area contributed by atoms with Crippen LogP contribution in [0.4, 0.5) is 18.9 Å². The molecule has 0 radical (unpaired) electrons. The van der Waals surface area contributed by atoms with Gasteiger partial charge in [-0.25, -0.2) is 17.8 Å². The van der Waals surface area contributed by atoms with Crippen molar-refractivity contribution in [3.05, 3.63) is 72.2 Å². The highest BCUT2D eigenvalue weighted by Crippen LogP contribution is 2.31. The third-order valence-electron chi connectivity index (χ3n) is 7.16. The third kappa shape index (κ3) is 6.26. The first-order valence-electron chi connectivity index (χ1n) is 13.1. The first-order valence-corrected chi connectivity index (χ1v) is 14.9. The van der Waals surface area contributed by atoms with E-state index >= 15 is 0 Å². The quantitative estimate of drug-likeness (QED) is 0.276. The standard InChI is InChI=1S/C29H31F3N4O3S/c1-34(2)22-6-3-7-23(18-22)36-19-21(5-4-12-35-13-15-40(37,38)16-14-35)24-9-10-26(33-28(24)36)20-8-11-27(25(30)17-20)39-29(31)32/h3,6-11,17-19,29H,4-5,12-16H2,1-2H3. The fraction of sp³-hybridized carbons (Fsp3) is 0.345. The number of nitrogens with zero attached hydrogens (tertiary/aromatic N) is 4. The van der Waals surface area contributed by atoms with E-state index in [0.29, 0.717) is 30.0 Å². The predicted molar refractivity (Wildman–Crippen MR) is 151 cm³/mol. The van der Waals surface area contributed by atoms with E-state index in [2.05, 4.69) is 21.9 Å². The number of hydrogen-bond acceptors (Lipinski definition) is 6. The van der Waals surface area contributed by atoms with Crippen molar-refractivity contribution in [1.82, 2.24) is 14.5 Å². The fourth-order valence-corrected chi connectivity index (χ4v) is 6.24. The van der Waals surface area contributed by atoms with Gasteiger partial charge in [-0.15, -0.1) is 0 Å². The molecule has 0 unspecified atom stereocenters. The summed E-state index contributed by atoms with van der Waals surface area (Å²) in [7, 11) is 1.02. The summed E-state index contributed by atoms with van der Waals surface area (Å²) in [6.45, 7) is -1.19. The Kier molecular flexibility index (Phi) is 8.04. The van der Waals surface area contributed by atoms with E-state index in [1.807, 2.05) is 47.8 Å². The van der Waals surface area contributed by atoms with Gasteiger partial charge in [-0.05, 0) is 73.5 Å². The van der Waals surface area contributed by atoms with E-state index in [1.54, 1.807) is 6.07 Å². The number of alkyl halides is 2. The average molecular weight is 573 g/mol. The van der Waals surface area contributed by atoms with E-state index in [1.165, 1.54) is 12.1 Å². The lowest BCUT2D eigenvalue weighted by molar-refractivity contribution is -0.0521. The van der Waals surface area contributed by atoms with Crippen LogP contribution in [0.5, 0.6) is 5.75 Å². The van der Waals surface area contributed by atoms with E-state index in [9.17, 15) is 21.6 Å². The highest BCUT2D eigenvalue weighted by atomic mass is 32.2. The van der Waals surface area contributed by atoms with Crippen molar-refractivity contribution in [3.8, 4) is 22.7 Å². The maximum absolute atomic E-state index is 14.5. The normalized spacial score (nSPS) is 15.6. The number of sulfone groups is 1. The zero-order chi connectivity index (χ0) is 28.4. The van der Waals surface area contributed by atoms with Crippen LogP contribution in [-0.2, 0) is 16.3 Å².